The number of hydrogen-bond donors (Lipinski definition) is 2. The lowest BCUT2D eigenvalue weighted by Crippen LogP contribution is -2.26. The maximum absolute atomic E-state index is 8.94. The van der Waals surface area contributed by atoms with Gasteiger partial charge in [0, 0.05) is 5.75 Å². The van der Waals surface area contributed by atoms with Crippen LogP contribution in [-0.2, 0) is 4.84 Å². The molecule has 1 fully saturated rings. The molecular weight excluding hydrogens is 140 g/mol. The summed E-state index contributed by atoms with van der Waals surface area (Å²) in [4.78, 5) is 4.62. The Morgan fingerprint density at radius 2 is 2.67 bits per heavy atom. The van der Waals surface area contributed by atoms with Gasteiger partial charge in [-0.1, -0.05) is 5.59 Å². The van der Waals surface area contributed by atoms with E-state index in [1.165, 1.54) is 0 Å². The number of nitrogens with zero attached hydrogens (tertiary/aromatic N) is 1. The van der Waals surface area contributed by atoms with E-state index in [0.717, 1.165) is 17.3 Å². The predicted octanol–water partition coefficient (Wildman–Crippen LogP) is 0.170. The summed E-state index contributed by atoms with van der Waals surface area (Å²) in [7, 11) is 0. The summed E-state index contributed by atoms with van der Waals surface area (Å²) in [6.07, 6.45) is 0. The molecule has 0 radical (unpaired) electrons. The maximum atomic E-state index is 8.94. The third kappa shape index (κ3) is 0.650. The average molecular weight is 146 g/mol. The van der Waals surface area contributed by atoms with Gasteiger partial charge in [-0.05, 0) is 0 Å². The van der Waals surface area contributed by atoms with Crippen molar-refractivity contribution in [1.29, 1.82) is 0 Å². The minimum Gasteiger partial charge on any atom is -0.478 e. The van der Waals surface area contributed by atoms with Crippen molar-refractivity contribution in [1.82, 2.24) is 10.6 Å². The zero-order valence-electron chi connectivity index (χ0n) is 4.63. The topological polar surface area (TPSA) is 44.7 Å². The predicted molar refractivity (Wildman–Crippen MR) is 33.0 cm³/mol. The van der Waals surface area contributed by atoms with Gasteiger partial charge < -0.3 is 9.94 Å². The monoisotopic (exact) mass is 146 g/mol. The normalized spacial score (nSPS) is 24.7. The third-order valence-corrected chi connectivity index (χ3v) is 2.20. The molecule has 50 valence electrons. The largest absolute Gasteiger partial charge is 0.478 e. The van der Waals surface area contributed by atoms with E-state index in [1.54, 1.807) is 16.8 Å². The first kappa shape index (κ1) is 5.25. The number of fused-ring (bicyclic) bond motifs is 1. The lowest BCUT2D eigenvalue weighted by atomic mass is 10.5. The molecule has 0 aromatic rings. The van der Waals surface area contributed by atoms with E-state index in [1.807, 2.05) is 0 Å². The Balaban J connectivity index is 2.28. The Kier molecular flexibility index (Phi) is 1.000. The Labute approximate surface area is 56.4 Å². The summed E-state index contributed by atoms with van der Waals surface area (Å²) in [5.41, 5.74) is 3.40. The molecule has 9 heavy (non-hydrogen) atoms. The first-order valence-corrected chi connectivity index (χ1v) is 3.73. The van der Waals surface area contributed by atoms with E-state index in [-0.39, 0.29) is 5.95 Å². The van der Waals surface area contributed by atoms with Crippen LogP contribution in [-0.4, -0.2) is 21.7 Å². The molecule has 0 amide bonds. The van der Waals surface area contributed by atoms with Gasteiger partial charge in [0.2, 0.25) is 0 Å². The van der Waals surface area contributed by atoms with Gasteiger partial charge in [0.15, 0.2) is 0 Å². The van der Waals surface area contributed by atoms with Crippen LogP contribution in [0.3, 0.4) is 0 Å². The Hall–Kier alpha value is -0.550. The van der Waals surface area contributed by atoms with Gasteiger partial charge in [0.05, 0.1) is 5.88 Å². The van der Waals surface area contributed by atoms with Crippen molar-refractivity contribution in [3.8, 4) is 0 Å². The molecule has 0 saturated carbocycles. The number of rotatable bonds is 0. The second kappa shape index (κ2) is 1.71. The van der Waals surface area contributed by atoms with Crippen molar-refractivity contribution < 1.29 is 9.94 Å². The van der Waals surface area contributed by atoms with Crippen LogP contribution in [0.5, 0.6) is 0 Å². The van der Waals surface area contributed by atoms with Gasteiger partial charge >= 0.3 is 5.95 Å². The van der Waals surface area contributed by atoms with Crippen molar-refractivity contribution in [3.63, 3.8) is 0 Å². The molecule has 2 aliphatic rings. The summed E-state index contributed by atoms with van der Waals surface area (Å²) in [5.74, 6) is 1.69. The first-order valence-electron chi connectivity index (χ1n) is 2.58. The summed E-state index contributed by atoms with van der Waals surface area (Å²) in [6, 6.07) is 0. The van der Waals surface area contributed by atoms with Crippen LogP contribution >= 0.6 is 11.8 Å². The second-order valence-electron chi connectivity index (χ2n) is 1.85. The molecule has 5 heteroatoms. The van der Waals surface area contributed by atoms with Crippen molar-refractivity contribution in [2.45, 2.75) is 0 Å². The molecule has 0 aromatic carbocycles. The quantitative estimate of drug-likeness (QED) is 0.510. The molecule has 0 atom stereocenters. The highest BCUT2D eigenvalue weighted by atomic mass is 32.2. The molecular formula is C4H6N2O2S. The van der Waals surface area contributed by atoms with Gasteiger partial charge in [-0.3, -0.25) is 5.01 Å². The Bertz CT molecular complexity index is 170. The van der Waals surface area contributed by atoms with Crippen LogP contribution < -0.4 is 5.59 Å². The second-order valence-corrected chi connectivity index (χ2v) is 2.81. The number of hydrazine groups is 1. The van der Waals surface area contributed by atoms with E-state index in [2.05, 4.69) is 10.4 Å². The zero-order valence-corrected chi connectivity index (χ0v) is 5.44. The molecule has 0 aromatic heterocycles. The smallest absolute Gasteiger partial charge is 0.321 e. The van der Waals surface area contributed by atoms with Gasteiger partial charge in [-0.15, -0.1) is 11.8 Å². The van der Waals surface area contributed by atoms with Crippen LogP contribution in [0, 0.1) is 0 Å². The minimum atomic E-state index is 0.0139. The highest BCUT2D eigenvalue weighted by Gasteiger charge is 2.28. The first-order chi connectivity index (χ1) is 4.38. The lowest BCUT2D eigenvalue weighted by Gasteiger charge is -2.06. The van der Waals surface area contributed by atoms with E-state index in [4.69, 9.17) is 5.11 Å². The highest BCUT2D eigenvalue weighted by Crippen LogP contribution is 2.27. The van der Waals surface area contributed by atoms with Gasteiger partial charge in [0.1, 0.15) is 5.70 Å². The van der Waals surface area contributed by atoms with Gasteiger partial charge in [0.25, 0.3) is 0 Å². The van der Waals surface area contributed by atoms with Crippen molar-refractivity contribution >= 4 is 11.8 Å². The van der Waals surface area contributed by atoms with Crippen LogP contribution in [0.1, 0.15) is 0 Å². The number of thioether (sulfide) groups is 1. The van der Waals surface area contributed by atoms with E-state index < -0.39 is 0 Å². The summed E-state index contributed by atoms with van der Waals surface area (Å²) in [5, 5.41) is 10.7. The Morgan fingerprint density at radius 3 is 3.44 bits per heavy atom. The summed E-state index contributed by atoms with van der Waals surface area (Å²) >= 11 is 1.74. The van der Waals surface area contributed by atoms with Crippen molar-refractivity contribution in [2.75, 3.05) is 11.6 Å². The van der Waals surface area contributed by atoms with Crippen molar-refractivity contribution in [2.24, 2.45) is 0 Å². The van der Waals surface area contributed by atoms with E-state index in [0.29, 0.717) is 0 Å². The molecule has 0 spiro atoms. The maximum Gasteiger partial charge on any atom is 0.321 e. The fourth-order valence-corrected chi connectivity index (χ4v) is 1.76. The molecule has 0 unspecified atom stereocenters. The molecule has 2 aliphatic heterocycles. The van der Waals surface area contributed by atoms with Crippen LogP contribution in [0.2, 0.25) is 0 Å². The molecule has 4 nitrogen and oxygen atoms in total. The van der Waals surface area contributed by atoms with Crippen LogP contribution in [0.25, 0.3) is 0 Å². The number of aliphatic hydroxyl groups is 1. The fourth-order valence-electron chi connectivity index (χ4n) is 0.805. The Morgan fingerprint density at radius 1 is 1.78 bits per heavy atom. The highest BCUT2D eigenvalue weighted by molar-refractivity contribution is 7.99. The average Bonchev–Trinajstić information content (AvgIpc) is 2.35. The molecule has 0 aliphatic carbocycles. The lowest BCUT2D eigenvalue weighted by molar-refractivity contribution is -0.0143. The summed E-state index contributed by atoms with van der Waals surface area (Å²) < 4.78 is 0. The number of hydrogen-bond acceptors (Lipinski definition) is 5. The molecule has 2 rings (SSSR count). The van der Waals surface area contributed by atoms with Gasteiger partial charge in [-0.2, -0.15) is 0 Å². The van der Waals surface area contributed by atoms with Gasteiger partial charge in [-0.25, -0.2) is 0 Å². The zero-order chi connectivity index (χ0) is 6.27. The third-order valence-electron chi connectivity index (χ3n) is 1.28. The van der Waals surface area contributed by atoms with E-state index >= 15 is 0 Å². The fraction of sp³-hybridized carbons (Fsp3) is 0.500. The standard InChI is InChI=1S/C4H6N2O2S/c7-4-3-1-9-2-6(3)5-8-4/h5,7H,1-2H2. The van der Waals surface area contributed by atoms with Crippen molar-refractivity contribution in [3.05, 3.63) is 11.6 Å². The molecule has 1 saturated heterocycles. The molecule has 2 heterocycles. The number of aliphatic hydroxyl groups excluding tert-OH is 1. The SMILES string of the molecule is OC1=C2CSCN2NO1. The molecule has 2 N–H and O–H groups in total. The van der Waals surface area contributed by atoms with E-state index in [9.17, 15) is 0 Å². The minimum absolute atomic E-state index is 0.0139. The number of nitrogens with one attached hydrogen (secondary N) is 1. The van der Waals surface area contributed by atoms with Crippen LogP contribution in [0.15, 0.2) is 11.6 Å². The molecule has 0 bridgehead atoms. The van der Waals surface area contributed by atoms with Crippen LogP contribution in [0.4, 0.5) is 0 Å². The summed E-state index contributed by atoms with van der Waals surface area (Å²) in [6.45, 7) is 0.